The van der Waals surface area contributed by atoms with Gasteiger partial charge in [-0.05, 0) is 42.1 Å². The van der Waals surface area contributed by atoms with E-state index in [1.807, 2.05) is 22.4 Å². The normalized spacial score (nSPS) is 15.2. The summed E-state index contributed by atoms with van der Waals surface area (Å²) in [4.78, 5) is 22.7. The minimum atomic E-state index is -3.62. The molecule has 32 heavy (non-hydrogen) atoms. The minimum absolute atomic E-state index is 0.0675. The van der Waals surface area contributed by atoms with Gasteiger partial charge in [0.1, 0.15) is 0 Å². The number of piperazine rings is 1. The molecular formula is C22H26N4O3S3. The van der Waals surface area contributed by atoms with E-state index in [2.05, 4.69) is 26.9 Å². The summed E-state index contributed by atoms with van der Waals surface area (Å²) < 4.78 is 27.6. The highest BCUT2D eigenvalue weighted by Crippen LogP contribution is 2.17. The summed E-state index contributed by atoms with van der Waals surface area (Å²) in [5.41, 5.74) is 1.60. The third-order valence-corrected chi connectivity index (χ3v) is 8.71. The second-order valence-electron chi connectivity index (χ2n) is 7.58. The van der Waals surface area contributed by atoms with Crippen LogP contribution in [0.1, 0.15) is 32.9 Å². The molecule has 10 heteroatoms. The van der Waals surface area contributed by atoms with Gasteiger partial charge in [0.05, 0.1) is 15.6 Å². The van der Waals surface area contributed by atoms with Gasteiger partial charge < -0.3 is 4.90 Å². The lowest BCUT2D eigenvalue weighted by molar-refractivity contribution is 0.0627. The third kappa shape index (κ3) is 5.62. The molecule has 1 fully saturated rings. The van der Waals surface area contributed by atoms with Crippen LogP contribution in [0, 0.1) is 0 Å². The monoisotopic (exact) mass is 490 g/mol. The fourth-order valence-corrected chi connectivity index (χ4v) is 6.02. The van der Waals surface area contributed by atoms with Gasteiger partial charge in [0.25, 0.3) is 5.91 Å². The van der Waals surface area contributed by atoms with E-state index in [-0.39, 0.29) is 17.3 Å². The van der Waals surface area contributed by atoms with Gasteiger partial charge in [0, 0.05) is 55.1 Å². The molecule has 0 unspecified atom stereocenters. The molecule has 0 spiro atoms. The van der Waals surface area contributed by atoms with Gasteiger partial charge >= 0.3 is 0 Å². The molecule has 3 heterocycles. The molecule has 170 valence electrons. The number of sulfonamides is 1. The number of nitrogens with zero attached hydrogens (tertiary/aromatic N) is 3. The lowest BCUT2D eigenvalue weighted by Gasteiger charge is -2.34. The predicted molar refractivity (Wildman–Crippen MR) is 127 cm³/mol. The Kier molecular flexibility index (Phi) is 7.37. The standard InChI is InChI=1S/C22H26N4O3S3/c1-2-21-24-18(16-31-21)15-25-9-11-26(12-10-25)22(27)17-5-7-20(8-6-17)32(28,29)23-14-19-4-3-13-30-19/h3-8,13,16,23H,2,9-12,14-15H2,1H3. The fourth-order valence-electron chi connectivity index (χ4n) is 3.54. The van der Waals surface area contributed by atoms with Crippen LogP contribution in [0.25, 0.3) is 0 Å². The van der Waals surface area contributed by atoms with E-state index in [4.69, 9.17) is 0 Å². The molecule has 1 aliphatic heterocycles. The van der Waals surface area contributed by atoms with Crippen LogP contribution in [0.4, 0.5) is 0 Å². The molecule has 0 bridgehead atoms. The highest BCUT2D eigenvalue weighted by molar-refractivity contribution is 7.89. The molecule has 1 aromatic carbocycles. The second kappa shape index (κ2) is 10.2. The Bertz CT molecular complexity index is 1130. The van der Waals surface area contributed by atoms with Gasteiger partial charge in [-0.25, -0.2) is 18.1 Å². The molecule has 1 aliphatic rings. The number of nitrogens with one attached hydrogen (secondary N) is 1. The van der Waals surface area contributed by atoms with Gasteiger partial charge in [-0.3, -0.25) is 9.69 Å². The zero-order chi connectivity index (χ0) is 22.6. The Morgan fingerprint density at radius 1 is 1.09 bits per heavy atom. The molecule has 2 aromatic heterocycles. The summed E-state index contributed by atoms with van der Waals surface area (Å²) in [5.74, 6) is -0.0675. The maximum absolute atomic E-state index is 12.9. The molecule has 0 saturated carbocycles. The van der Waals surface area contributed by atoms with Gasteiger partial charge in [-0.15, -0.1) is 22.7 Å². The van der Waals surface area contributed by atoms with E-state index in [9.17, 15) is 13.2 Å². The number of carbonyl (C=O) groups excluding carboxylic acids is 1. The summed E-state index contributed by atoms with van der Waals surface area (Å²) in [6.07, 6.45) is 0.956. The van der Waals surface area contributed by atoms with Crippen molar-refractivity contribution in [3.05, 3.63) is 68.3 Å². The number of aromatic nitrogens is 1. The van der Waals surface area contributed by atoms with Gasteiger partial charge in [0.15, 0.2) is 0 Å². The minimum Gasteiger partial charge on any atom is -0.336 e. The Balaban J connectivity index is 1.31. The first-order valence-electron chi connectivity index (χ1n) is 10.5. The highest BCUT2D eigenvalue weighted by Gasteiger charge is 2.23. The second-order valence-corrected chi connectivity index (χ2v) is 11.3. The fraction of sp³-hybridized carbons (Fsp3) is 0.364. The van der Waals surface area contributed by atoms with Crippen molar-refractivity contribution in [2.24, 2.45) is 0 Å². The lowest BCUT2D eigenvalue weighted by atomic mass is 10.2. The number of amides is 1. The van der Waals surface area contributed by atoms with E-state index in [1.54, 1.807) is 23.5 Å². The molecule has 0 atom stereocenters. The average molecular weight is 491 g/mol. The summed E-state index contributed by atoms with van der Waals surface area (Å²) in [5, 5.41) is 5.17. The van der Waals surface area contributed by atoms with Gasteiger partial charge in [-0.1, -0.05) is 13.0 Å². The van der Waals surface area contributed by atoms with Crippen LogP contribution in [0.3, 0.4) is 0 Å². The van der Waals surface area contributed by atoms with Crippen LogP contribution in [-0.4, -0.2) is 55.3 Å². The van der Waals surface area contributed by atoms with Gasteiger partial charge in [-0.2, -0.15) is 0 Å². The summed E-state index contributed by atoms with van der Waals surface area (Å²) in [7, 11) is -3.62. The first-order chi connectivity index (χ1) is 15.4. The number of benzene rings is 1. The zero-order valence-corrected chi connectivity index (χ0v) is 20.3. The van der Waals surface area contributed by atoms with Crippen LogP contribution >= 0.6 is 22.7 Å². The van der Waals surface area contributed by atoms with E-state index in [0.717, 1.165) is 41.6 Å². The van der Waals surface area contributed by atoms with Crippen molar-refractivity contribution in [2.75, 3.05) is 26.2 Å². The van der Waals surface area contributed by atoms with Crippen molar-refractivity contribution >= 4 is 38.6 Å². The average Bonchev–Trinajstić information content (AvgIpc) is 3.50. The first-order valence-corrected chi connectivity index (χ1v) is 13.8. The maximum Gasteiger partial charge on any atom is 0.253 e. The number of thiazole rings is 1. The maximum atomic E-state index is 12.9. The van der Waals surface area contributed by atoms with Crippen molar-refractivity contribution in [2.45, 2.75) is 31.3 Å². The molecule has 0 radical (unpaired) electrons. The predicted octanol–water partition coefficient (Wildman–Crippen LogP) is 3.20. The largest absolute Gasteiger partial charge is 0.336 e. The molecule has 4 rings (SSSR count). The van der Waals surface area contributed by atoms with Crippen molar-refractivity contribution in [3.63, 3.8) is 0 Å². The summed E-state index contributed by atoms with van der Waals surface area (Å²) in [6.45, 7) is 6.05. The van der Waals surface area contributed by atoms with Crippen LogP contribution in [0.5, 0.6) is 0 Å². The van der Waals surface area contributed by atoms with E-state index >= 15 is 0 Å². The van der Waals surface area contributed by atoms with Crippen molar-refractivity contribution in [1.29, 1.82) is 0 Å². The number of carbonyl (C=O) groups is 1. The Morgan fingerprint density at radius 2 is 1.84 bits per heavy atom. The summed E-state index contributed by atoms with van der Waals surface area (Å²) >= 11 is 3.20. The Morgan fingerprint density at radius 3 is 2.47 bits per heavy atom. The Labute approximate surface area is 196 Å². The smallest absolute Gasteiger partial charge is 0.253 e. The van der Waals surface area contributed by atoms with E-state index < -0.39 is 10.0 Å². The third-order valence-electron chi connectivity index (χ3n) is 5.37. The van der Waals surface area contributed by atoms with Crippen molar-refractivity contribution < 1.29 is 13.2 Å². The SMILES string of the molecule is CCc1nc(CN2CCN(C(=O)c3ccc(S(=O)(=O)NCc4cccs4)cc3)CC2)cs1. The highest BCUT2D eigenvalue weighted by atomic mass is 32.2. The lowest BCUT2D eigenvalue weighted by Crippen LogP contribution is -2.48. The molecular weight excluding hydrogens is 464 g/mol. The molecule has 1 N–H and O–H groups in total. The van der Waals surface area contributed by atoms with Crippen molar-refractivity contribution in [3.8, 4) is 0 Å². The molecule has 3 aromatic rings. The number of hydrogen-bond acceptors (Lipinski definition) is 7. The molecule has 7 nitrogen and oxygen atoms in total. The summed E-state index contributed by atoms with van der Waals surface area (Å²) in [6, 6.07) is 9.94. The van der Waals surface area contributed by atoms with Gasteiger partial charge in [0.2, 0.25) is 10.0 Å². The Hall–Kier alpha value is -2.11. The number of aryl methyl sites for hydroxylation is 1. The van der Waals surface area contributed by atoms with Crippen LogP contribution in [0.2, 0.25) is 0 Å². The molecule has 1 saturated heterocycles. The van der Waals surface area contributed by atoms with Crippen LogP contribution in [0.15, 0.2) is 52.1 Å². The molecule has 0 aliphatic carbocycles. The number of rotatable bonds is 8. The topological polar surface area (TPSA) is 82.6 Å². The quantitative estimate of drug-likeness (QED) is 0.524. The van der Waals surface area contributed by atoms with Crippen molar-refractivity contribution in [1.82, 2.24) is 19.5 Å². The van der Waals surface area contributed by atoms with E-state index in [1.165, 1.54) is 23.5 Å². The number of thiophene rings is 1. The molecule has 1 amide bonds. The zero-order valence-electron chi connectivity index (χ0n) is 17.9. The van der Waals surface area contributed by atoms with Crippen LogP contribution in [-0.2, 0) is 29.5 Å². The van der Waals surface area contributed by atoms with Crippen LogP contribution < -0.4 is 4.72 Å². The van der Waals surface area contributed by atoms with E-state index in [0.29, 0.717) is 18.7 Å². The first kappa shape index (κ1) is 23.1. The number of hydrogen-bond donors (Lipinski definition) is 1.